The maximum Gasteiger partial charge on any atom is 0.353 e. The van der Waals surface area contributed by atoms with E-state index in [1.54, 1.807) is 18.1 Å². The van der Waals surface area contributed by atoms with Crippen LogP contribution in [-0.2, 0) is 30.3 Å². The summed E-state index contributed by atoms with van der Waals surface area (Å²) in [6, 6.07) is 1.91. The van der Waals surface area contributed by atoms with Gasteiger partial charge < -0.3 is 29.6 Å². The lowest BCUT2D eigenvalue weighted by Gasteiger charge is -2.31. The number of aromatic nitrogens is 1. The normalized spacial score (nSPS) is 13.7. The van der Waals surface area contributed by atoms with Crippen LogP contribution in [0.15, 0.2) is 36.8 Å². The van der Waals surface area contributed by atoms with Gasteiger partial charge in [0, 0.05) is 38.1 Å². The SMILES string of the molecule is C=C(NC(=O)c1ccn(C2CCN(C=O)CC2)c1CC)C(=O)NC(=C)C(=O)OC.COC(C)(C)C. The average Bonchev–Trinajstić information content (AvgIpc) is 3.27. The monoisotopic (exact) mass is 490 g/mol. The van der Waals surface area contributed by atoms with Crippen LogP contribution < -0.4 is 10.6 Å². The molecule has 0 aromatic carbocycles. The van der Waals surface area contributed by atoms with E-state index in [-0.39, 0.29) is 23.0 Å². The van der Waals surface area contributed by atoms with Crippen LogP contribution in [0, 0.1) is 0 Å². The highest BCUT2D eigenvalue weighted by Gasteiger charge is 2.24. The summed E-state index contributed by atoms with van der Waals surface area (Å²) in [4.78, 5) is 48.7. The van der Waals surface area contributed by atoms with E-state index in [4.69, 9.17) is 4.74 Å². The molecule has 1 aromatic heterocycles. The van der Waals surface area contributed by atoms with Crippen molar-refractivity contribution in [3.63, 3.8) is 0 Å². The highest BCUT2D eigenvalue weighted by atomic mass is 16.5. The molecular weight excluding hydrogens is 452 g/mol. The molecule has 0 saturated carbocycles. The minimum Gasteiger partial charge on any atom is -0.464 e. The maximum absolute atomic E-state index is 12.7. The number of carbonyl (C=O) groups is 4. The van der Waals surface area contributed by atoms with Crippen LogP contribution in [0.2, 0.25) is 0 Å². The lowest BCUT2D eigenvalue weighted by Crippen LogP contribution is -2.36. The summed E-state index contributed by atoms with van der Waals surface area (Å²) in [7, 11) is 2.87. The van der Waals surface area contributed by atoms with Crippen LogP contribution >= 0.6 is 0 Å². The Balaban J connectivity index is 0.000000905. The van der Waals surface area contributed by atoms with Crippen LogP contribution in [0.25, 0.3) is 0 Å². The van der Waals surface area contributed by atoms with Gasteiger partial charge in [-0.3, -0.25) is 14.4 Å². The first-order valence-electron chi connectivity index (χ1n) is 11.4. The van der Waals surface area contributed by atoms with Crippen molar-refractivity contribution in [2.45, 2.75) is 58.6 Å². The second-order valence-electron chi connectivity index (χ2n) is 8.98. The third-order valence-electron chi connectivity index (χ3n) is 5.49. The number of likely N-dealkylation sites (tertiary alicyclic amines) is 1. The highest BCUT2D eigenvalue weighted by molar-refractivity contribution is 6.05. The summed E-state index contributed by atoms with van der Waals surface area (Å²) >= 11 is 0. The second-order valence-corrected chi connectivity index (χ2v) is 8.98. The Labute approximate surface area is 207 Å². The Morgan fingerprint density at radius 3 is 2.14 bits per heavy atom. The number of hydrogen-bond donors (Lipinski definition) is 2. The lowest BCUT2D eigenvalue weighted by atomic mass is 10.0. The topological polar surface area (TPSA) is 119 Å². The number of amides is 3. The van der Waals surface area contributed by atoms with Gasteiger partial charge in [-0.2, -0.15) is 0 Å². The zero-order chi connectivity index (χ0) is 26.8. The molecule has 2 heterocycles. The van der Waals surface area contributed by atoms with E-state index >= 15 is 0 Å². The van der Waals surface area contributed by atoms with Gasteiger partial charge in [-0.05, 0) is 46.1 Å². The van der Waals surface area contributed by atoms with Gasteiger partial charge in [0.05, 0.1) is 24.0 Å². The molecule has 10 nitrogen and oxygen atoms in total. The van der Waals surface area contributed by atoms with E-state index in [1.165, 1.54) is 0 Å². The highest BCUT2D eigenvalue weighted by Crippen LogP contribution is 2.26. The first-order chi connectivity index (χ1) is 16.4. The summed E-state index contributed by atoms with van der Waals surface area (Å²) < 4.78 is 11.5. The third kappa shape index (κ3) is 9.05. The van der Waals surface area contributed by atoms with Gasteiger partial charge in [-0.15, -0.1) is 0 Å². The second kappa shape index (κ2) is 13.5. The Morgan fingerprint density at radius 1 is 1.11 bits per heavy atom. The van der Waals surface area contributed by atoms with Crippen LogP contribution in [0.5, 0.6) is 0 Å². The summed E-state index contributed by atoms with van der Waals surface area (Å²) in [5.74, 6) is -2.01. The van der Waals surface area contributed by atoms with Crippen molar-refractivity contribution in [2.75, 3.05) is 27.3 Å². The molecule has 35 heavy (non-hydrogen) atoms. The van der Waals surface area contributed by atoms with Crippen molar-refractivity contribution in [3.8, 4) is 0 Å². The smallest absolute Gasteiger partial charge is 0.353 e. The van der Waals surface area contributed by atoms with E-state index in [2.05, 4.69) is 33.1 Å². The summed E-state index contributed by atoms with van der Waals surface area (Å²) in [5.41, 5.74) is 0.870. The molecule has 0 unspecified atom stereocenters. The molecule has 0 atom stereocenters. The Kier molecular flexibility index (Phi) is 11.4. The number of piperidine rings is 1. The Bertz CT molecular complexity index is 936. The lowest BCUT2D eigenvalue weighted by molar-refractivity contribution is -0.137. The Hall–Kier alpha value is -3.40. The molecule has 0 radical (unpaired) electrons. The third-order valence-corrected chi connectivity index (χ3v) is 5.49. The van der Waals surface area contributed by atoms with Gasteiger partial charge >= 0.3 is 5.97 Å². The predicted octanol–water partition coefficient (Wildman–Crippen LogP) is 2.32. The van der Waals surface area contributed by atoms with Crippen molar-refractivity contribution >= 4 is 24.2 Å². The maximum atomic E-state index is 12.7. The fraction of sp³-hybridized carbons (Fsp3) is 0.520. The van der Waals surface area contributed by atoms with Gasteiger partial charge in [0.1, 0.15) is 5.70 Å². The van der Waals surface area contributed by atoms with Crippen molar-refractivity contribution in [2.24, 2.45) is 0 Å². The Morgan fingerprint density at radius 2 is 1.69 bits per heavy atom. The fourth-order valence-corrected chi connectivity index (χ4v) is 3.32. The zero-order valence-electron chi connectivity index (χ0n) is 21.6. The minimum atomic E-state index is -0.788. The number of nitrogens with zero attached hydrogens (tertiary/aromatic N) is 2. The number of methoxy groups -OCH3 is 2. The molecule has 1 aromatic rings. The molecule has 1 saturated heterocycles. The van der Waals surface area contributed by atoms with E-state index in [1.807, 2.05) is 33.9 Å². The molecular formula is C25H38N4O6. The van der Waals surface area contributed by atoms with Crippen LogP contribution in [0.3, 0.4) is 0 Å². The predicted molar refractivity (Wildman–Crippen MR) is 132 cm³/mol. The van der Waals surface area contributed by atoms with Crippen molar-refractivity contribution in [1.82, 2.24) is 20.1 Å². The van der Waals surface area contributed by atoms with E-state index < -0.39 is 17.8 Å². The standard InChI is InChI=1S/C20H26N4O5.C5H12O/c1-5-17-16(8-11-24(17)15-6-9-23(12-25)10-7-15)19(27)21-13(2)18(26)22-14(3)20(28)29-4;1-5(2,3)6-4/h8,11-12,15H,2-3,5-7,9-10H2,1,4H3,(H,21,27)(H,22,26);1-4H3. The van der Waals surface area contributed by atoms with E-state index in [0.29, 0.717) is 25.1 Å². The average molecular weight is 491 g/mol. The van der Waals surface area contributed by atoms with Gasteiger partial charge in [0.15, 0.2) is 0 Å². The van der Waals surface area contributed by atoms with Crippen LogP contribution in [0.4, 0.5) is 0 Å². The number of nitrogens with one attached hydrogen (secondary N) is 2. The number of esters is 1. The quantitative estimate of drug-likeness (QED) is 0.328. The minimum absolute atomic E-state index is 0.0417. The summed E-state index contributed by atoms with van der Waals surface area (Å²) in [6.45, 7) is 16.3. The summed E-state index contributed by atoms with van der Waals surface area (Å²) in [6.07, 6.45) is 4.97. The van der Waals surface area contributed by atoms with Crippen molar-refractivity contribution in [3.05, 3.63) is 48.1 Å². The first kappa shape index (κ1) is 29.6. The largest absolute Gasteiger partial charge is 0.464 e. The number of hydrogen-bond acceptors (Lipinski definition) is 6. The van der Waals surface area contributed by atoms with Crippen molar-refractivity contribution < 1.29 is 28.7 Å². The molecule has 0 bridgehead atoms. The summed E-state index contributed by atoms with van der Waals surface area (Å²) in [5, 5.41) is 4.68. The van der Waals surface area contributed by atoms with Gasteiger partial charge in [0.25, 0.3) is 11.8 Å². The molecule has 0 spiro atoms. The fourth-order valence-electron chi connectivity index (χ4n) is 3.32. The van der Waals surface area contributed by atoms with Gasteiger partial charge in [-0.25, -0.2) is 4.79 Å². The van der Waals surface area contributed by atoms with Crippen LogP contribution in [-0.4, -0.2) is 66.6 Å². The number of carbonyl (C=O) groups excluding carboxylic acids is 4. The molecule has 2 N–H and O–H groups in total. The molecule has 1 aliphatic heterocycles. The van der Waals surface area contributed by atoms with Gasteiger partial charge in [0.2, 0.25) is 6.41 Å². The number of rotatable bonds is 8. The molecule has 1 aliphatic rings. The molecule has 194 valence electrons. The van der Waals surface area contributed by atoms with E-state index in [0.717, 1.165) is 32.1 Å². The van der Waals surface area contributed by atoms with Gasteiger partial charge in [-0.1, -0.05) is 20.1 Å². The molecule has 2 rings (SSSR count). The van der Waals surface area contributed by atoms with Crippen molar-refractivity contribution in [1.29, 1.82) is 0 Å². The zero-order valence-corrected chi connectivity index (χ0v) is 21.6. The molecule has 1 fully saturated rings. The molecule has 3 amide bonds. The number of ether oxygens (including phenoxy) is 2. The van der Waals surface area contributed by atoms with E-state index in [9.17, 15) is 19.2 Å². The molecule has 10 heteroatoms. The first-order valence-corrected chi connectivity index (χ1v) is 11.4. The molecule has 0 aliphatic carbocycles. The van der Waals surface area contributed by atoms with Crippen LogP contribution in [0.1, 0.15) is 62.6 Å².